The maximum absolute atomic E-state index is 11.9. The molecule has 0 aliphatic heterocycles. The Morgan fingerprint density at radius 1 is 1.35 bits per heavy atom. The number of carbonyl (C=O) groups is 1. The van der Waals surface area contributed by atoms with E-state index in [1.807, 2.05) is 31.2 Å². The standard InChI is InChI=1S/C19H22N4O2.HI/c1-12-4-3-5-14(10-12)23-19(20)21-11-15-8-9-16(18(24)25-2)17(22-15)13-6-7-13;/h3-5,8-10,13H,6-7,11H2,1-2H3,(H3,20,21,23);1H. The molecule has 1 saturated carbocycles. The van der Waals surface area contributed by atoms with Crippen LogP contribution in [0.15, 0.2) is 41.4 Å². The number of carbonyl (C=O) groups excluding carboxylic acids is 1. The Balaban J connectivity index is 0.00000243. The highest BCUT2D eigenvalue weighted by atomic mass is 127. The van der Waals surface area contributed by atoms with E-state index in [4.69, 9.17) is 10.5 Å². The van der Waals surface area contributed by atoms with Gasteiger partial charge < -0.3 is 15.8 Å². The fourth-order valence-electron chi connectivity index (χ4n) is 2.63. The highest BCUT2D eigenvalue weighted by Gasteiger charge is 2.30. The van der Waals surface area contributed by atoms with Crippen molar-refractivity contribution < 1.29 is 9.53 Å². The van der Waals surface area contributed by atoms with Crippen LogP contribution in [-0.2, 0) is 11.3 Å². The molecular formula is C19H23IN4O2. The van der Waals surface area contributed by atoms with E-state index in [2.05, 4.69) is 15.3 Å². The first kappa shape index (κ1) is 20.2. The number of nitrogens with two attached hydrogens (primary N) is 1. The number of aliphatic imine (C=N–C) groups is 1. The Bertz CT molecular complexity index is 819. The number of esters is 1. The van der Waals surface area contributed by atoms with Crippen LogP contribution in [0.25, 0.3) is 0 Å². The molecule has 6 nitrogen and oxygen atoms in total. The summed E-state index contributed by atoms with van der Waals surface area (Å²) < 4.78 is 4.83. The summed E-state index contributed by atoms with van der Waals surface area (Å²) in [5, 5.41) is 3.07. The first-order chi connectivity index (χ1) is 12.1. The van der Waals surface area contributed by atoms with E-state index >= 15 is 0 Å². The number of anilines is 1. The minimum atomic E-state index is -0.343. The summed E-state index contributed by atoms with van der Waals surface area (Å²) in [6.07, 6.45) is 2.11. The van der Waals surface area contributed by atoms with Crippen LogP contribution in [0.1, 0.15) is 46.1 Å². The van der Waals surface area contributed by atoms with Gasteiger partial charge in [-0.05, 0) is 49.6 Å². The van der Waals surface area contributed by atoms with Gasteiger partial charge in [0.1, 0.15) is 0 Å². The first-order valence-electron chi connectivity index (χ1n) is 8.28. The van der Waals surface area contributed by atoms with E-state index in [1.165, 1.54) is 7.11 Å². The zero-order chi connectivity index (χ0) is 17.8. The lowest BCUT2D eigenvalue weighted by atomic mass is 10.1. The maximum atomic E-state index is 11.9. The Morgan fingerprint density at radius 3 is 2.77 bits per heavy atom. The number of ether oxygens (including phenoxy) is 1. The van der Waals surface area contributed by atoms with Crippen LogP contribution in [0.2, 0.25) is 0 Å². The van der Waals surface area contributed by atoms with Crippen LogP contribution >= 0.6 is 24.0 Å². The molecule has 1 aromatic heterocycles. The van der Waals surface area contributed by atoms with Gasteiger partial charge in [-0.15, -0.1) is 24.0 Å². The third kappa shape index (κ3) is 5.17. The molecule has 1 fully saturated rings. The number of halogens is 1. The molecule has 0 bridgehead atoms. The van der Waals surface area contributed by atoms with E-state index in [1.54, 1.807) is 12.1 Å². The van der Waals surface area contributed by atoms with Gasteiger partial charge in [-0.3, -0.25) is 4.98 Å². The van der Waals surface area contributed by atoms with Gasteiger partial charge in [0, 0.05) is 11.6 Å². The van der Waals surface area contributed by atoms with Gasteiger partial charge in [0.2, 0.25) is 0 Å². The summed E-state index contributed by atoms with van der Waals surface area (Å²) >= 11 is 0. The van der Waals surface area contributed by atoms with Gasteiger partial charge in [-0.25, -0.2) is 9.79 Å². The highest BCUT2D eigenvalue weighted by molar-refractivity contribution is 14.0. The number of rotatable bonds is 5. The smallest absolute Gasteiger partial charge is 0.339 e. The monoisotopic (exact) mass is 466 g/mol. The van der Waals surface area contributed by atoms with E-state index in [0.29, 0.717) is 24.0 Å². The van der Waals surface area contributed by atoms with Crippen molar-refractivity contribution in [1.82, 2.24) is 4.98 Å². The average molecular weight is 466 g/mol. The second-order valence-corrected chi connectivity index (χ2v) is 6.20. The largest absolute Gasteiger partial charge is 0.465 e. The van der Waals surface area contributed by atoms with E-state index in [0.717, 1.165) is 35.5 Å². The number of aromatic nitrogens is 1. The van der Waals surface area contributed by atoms with Crippen LogP contribution < -0.4 is 11.1 Å². The lowest BCUT2D eigenvalue weighted by molar-refractivity contribution is 0.0598. The van der Waals surface area contributed by atoms with Crippen LogP contribution in [0.4, 0.5) is 5.69 Å². The topological polar surface area (TPSA) is 89.6 Å². The van der Waals surface area contributed by atoms with Crippen LogP contribution in [-0.4, -0.2) is 24.0 Å². The molecule has 1 aliphatic carbocycles. The van der Waals surface area contributed by atoms with Crippen molar-refractivity contribution in [3.05, 3.63) is 58.9 Å². The molecule has 0 amide bonds. The molecule has 7 heteroatoms. The molecule has 0 atom stereocenters. The molecule has 0 spiro atoms. The third-order valence-electron chi connectivity index (χ3n) is 4.05. The van der Waals surface area contributed by atoms with Crippen LogP contribution in [0.3, 0.4) is 0 Å². The minimum absolute atomic E-state index is 0. The summed E-state index contributed by atoms with van der Waals surface area (Å²) in [5.41, 5.74) is 10.1. The third-order valence-corrected chi connectivity index (χ3v) is 4.05. The molecule has 1 heterocycles. The number of nitrogens with zero attached hydrogens (tertiary/aromatic N) is 2. The first-order valence-corrected chi connectivity index (χ1v) is 8.28. The Morgan fingerprint density at radius 2 is 2.12 bits per heavy atom. The number of guanidine groups is 1. The fourth-order valence-corrected chi connectivity index (χ4v) is 2.63. The van der Waals surface area contributed by atoms with Gasteiger partial charge in [0.05, 0.1) is 30.6 Å². The van der Waals surface area contributed by atoms with E-state index in [-0.39, 0.29) is 29.9 Å². The quantitative estimate of drug-likeness (QED) is 0.304. The van der Waals surface area contributed by atoms with Crippen molar-refractivity contribution in [3.8, 4) is 0 Å². The second kappa shape index (κ2) is 8.98. The van der Waals surface area contributed by atoms with Gasteiger partial charge in [0.15, 0.2) is 5.96 Å². The average Bonchev–Trinajstić information content (AvgIpc) is 3.44. The van der Waals surface area contributed by atoms with Crippen molar-refractivity contribution in [2.24, 2.45) is 10.7 Å². The number of aryl methyl sites for hydroxylation is 1. The SMILES string of the molecule is COC(=O)c1ccc(CN=C(N)Nc2cccc(C)c2)nc1C1CC1.I. The molecule has 2 aromatic rings. The number of pyridine rings is 1. The van der Waals surface area contributed by atoms with Gasteiger partial charge in [0.25, 0.3) is 0 Å². The summed E-state index contributed by atoms with van der Waals surface area (Å²) in [6, 6.07) is 11.5. The molecule has 3 rings (SSSR count). The number of methoxy groups -OCH3 is 1. The van der Waals surface area contributed by atoms with Gasteiger partial charge >= 0.3 is 5.97 Å². The lowest BCUT2D eigenvalue weighted by Crippen LogP contribution is -2.22. The predicted molar refractivity (Wildman–Crippen MR) is 113 cm³/mol. The van der Waals surface area contributed by atoms with E-state index < -0.39 is 0 Å². The maximum Gasteiger partial charge on any atom is 0.339 e. The molecule has 3 N–H and O–H groups in total. The predicted octanol–water partition coefficient (Wildman–Crippen LogP) is 3.60. The number of hydrogen-bond donors (Lipinski definition) is 2. The van der Waals surface area contributed by atoms with Crippen molar-refractivity contribution in [1.29, 1.82) is 0 Å². The van der Waals surface area contributed by atoms with Crippen molar-refractivity contribution in [3.63, 3.8) is 0 Å². The summed E-state index contributed by atoms with van der Waals surface area (Å²) in [4.78, 5) is 20.8. The van der Waals surface area contributed by atoms with Gasteiger partial charge in [-0.2, -0.15) is 0 Å². The minimum Gasteiger partial charge on any atom is -0.465 e. The zero-order valence-corrected chi connectivity index (χ0v) is 17.2. The number of hydrogen-bond acceptors (Lipinski definition) is 4. The summed E-state index contributed by atoms with van der Waals surface area (Å²) in [5.74, 6) is 0.336. The lowest BCUT2D eigenvalue weighted by Gasteiger charge is -2.09. The zero-order valence-electron chi connectivity index (χ0n) is 14.9. The molecule has 0 saturated heterocycles. The molecular weight excluding hydrogens is 443 g/mol. The van der Waals surface area contributed by atoms with Crippen molar-refractivity contribution >= 4 is 41.6 Å². The summed E-state index contributed by atoms with van der Waals surface area (Å²) in [6.45, 7) is 2.37. The van der Waals surface area contributed by atoms with Crippen LogP contribution in [0, 0.1) is 6.92 Å². The van der Waals surface area contributed by atoms with E-state index in [9.17, 15) is 4.79 Å². The number of benzene rings is 1. The van der Waals surface area contributed by atoms with Crippen LogP contribution in [0.5, 0.6) is 0 Å². The molecule has 1 aliphatic rings. The molecule has 1 aromatic carbocycles. The summed E-state index contributed by atoms with van der Waals surface area (Å²) in [7, 11) is 1.38. The normalized spacial score (nSPS) is 13.7. The number of nitrogens with one attached hydrogen (secondary N) is 1. The van der Waals surface area contributed by atoms with Gasteiger partial charge in [-0.1, -0.05) is 12.1 Å². The Hall–Kier alpha value is -2.16. The molecule has 0 unspecified atom stereocenters. The molecule has 0 radical (unpaired) electrons. The highest BCUT2D eigenvalue weighted by Crippen LogP contribution is 2.40. The second-order valence-electron chi connectivity index (χ2n) is 6.20. The Kier molecular flexibility index (Phi) is 6.96. The Labute approximate surface area is 170 Å². The molecule has 138 valence electrons. The fraction of sp³-hybridized carbons (Fsp3) is 0.316. The molecule has 26 heavy (non-hydrogen) atoms. The van der Waals surface area contributed by atoms with Crippen molar-refractivity contribution in [2.75, 3.05) is 12.4 Å². The van der Waals surface area contributed by atoms with Crippen molar-refractivity contribution in [2.45, 2.75) is 32.2 Å².